The topological polar surface area (TPSA) is 46.2 Å². The van der Waals surface area contributed by atoms with Crippen molar-refractivity contribution in [3.05, 3.63) is 34.1 Å². The summed E-state index contributed by atoms with van der Waals surface area (Å²) in [6, 6.07) is 3.91. The van der Waals surface area contributed by atoms with Gasteiger partial charge in [0.1, 0.15) is 5.82 Å². The third kappa shape index (κ3) is 4.49. The van der Waals surface area contributed by atoms with Gasteiger partial charge in [-0.3, -0.25) is 9.00 Å². The molecule has 2 unspecified atom stereocenters. The normalized spacial score (nSPS) is 14.0. The van der Waals surface area contributed by atoms with Gasteiger partial charge in [0.2, 0.25) is 0 Å². The molecule has 0 bridgehead atoms. The lowest BCUT2D eigenvalue weighted by Crippen LogP contribution is -2.27. The van der Waals surface area contributed by atoms with Crippen LogP contribution in [0.3, 0.4) is 0 Å². The van der Waals surface area contributed by atoms with E-state index in [9.17, 15) is 13.4 Å². The maximum Gasteiger partial charge on any atom is 0.252 e. The van der Waals surface area contributed by atoms with Crippen LogP contribution in [0.5, 0.6) is 0 Å². The summed E-state index contributed by atoms with van der Waals surface area (Å²) in [5.41, 5.74) is 0.390. The fraction of sp³-hybridized carbons (Fsp3) is 0.417. The molecule has 1 aromatic carbocycles. The van der Waals surface area contributed by atoms with Crippen LogP contribution >= 0.6 is 15.9 Å². The summed E-state index contributed by atoms with van der Waals surface area (Å²) < 4.78 is 24.4. The van der Waals surface area contributed by atoms with Crippen LogP contribution in [-0.2, 0) is 10.8 Å². The molecule has 1 amide bonds. The lowest BCUT2D eigenvalue weighted by Gasteiger charge is -2.10. The van der Waals surface area contributed by atoms with Gasteiger partial charge in [-0.05, 0) is 40.5 Å². The molecule has 3 nitrogen and oxygen atoms in total. The van der Waals surface area contributed by atoms with Crippen molar-refractivity contribution < 1.29 is 13.4 Å². The smallest absolute Gasteiger partial charge is 0.252 e. The molecule has 0 heterocycles. The molecule has 100 valence electrons. The summed E-state index contributed by atoms with van der Waals surface area (Å²) in [7, 11) is -0.887. The van der Waals surface area contributed by atoms with Gasteiger partial charge in [-0.15, -0.1) is 0 Å². The van der Waals surface area contributed by atoms with Gasteiger partial charge in [-0.25, -0.2) is 4.39 Å². The van der Waals surface area contributed by atoms with Crippen LogP contribution in [0.25, 0.3) is 0 Å². The predicted molar refractivity (Wildman–Crippen MR) is 74.6 cm³/mol. The van der Waals surface area contributed by atoms with Crippen molar-refractivity contribution in [1.82, 2.24) is 5.32 Å². The van der Waals surface area contributed by atoms with Crippen molar-refractivity contribution in [3.63, 3.8) is 0 Å². The molecule has 0 radical (unpaired) electrons. The molecule has 6 heteroatoms. The summed E-state index contributed by atoms with van der Waals surface area (Å²) in [5.74, 6) is -0.663. The first-order valence-corrected chi connectivity index (χ1v) is 7.88. The van der Waals surface area contributed by atoms with E-state index in [1.165, 1.54) is 18.2 Å². The SMILES string of the molecule is CC(CCNC(=O)c1ccc(F)cc1Br)S(C)=O. The Bertz CT molecular complexity index is 467. The number of nitrogens with one attached hydrogen (secondary N) is 1. The predicted octanol–water partition coefficient (Wildman–Crippen LogP) is 2.48. The van der Waals surface area contributed by atoms with Gasteiger partial charge in [-0.1, -0.05) is 6.92 Å². The van der Waals surface area contributed by atoms with Gasteiger partial charge >= 0.3 is 0 Å². The molecular weight excluding hydrogens is 321 g/mol. The molecule has 0 aromatic heterocycles. The number of rotatable bonds is 5. The van der Waals surface area contributed by atoms with Gasteiger partial charge < -0.3 is 5.32 Å². The molecule has 1 rings (SSSR count). The molecule has 0 fully saturated rings. The maximum absolute atomic E-state index is 12.9. The minimum atomic E-state index is -0.887. The van der Waals surface area contributed by atoms with Crippen molar-refractivity contribution >= 4 is 32.6 Å². The van der Waals surface area contributed by atoms with Crippen molar-refractivity contribution in [3.8, 4) is 0 Å². The van der Waals surface area contributed by atoms with Gasteiger partial charge in [0.15, 0.2) is 0 Å². The molecule has 1 aromatic rings. The van der Waals surface area contributed by atoms with Crippen LogP contribution in [0, 0.1) is 5.82 Å². The van der Waals surface area contributed by atoms with Crippen molar-refractivity contribution in [1.29, 1.82) is 0 Å². The largest absolute Gasteiger partial charge is 0.352 e. The molecule has 0 aliphatic carbocycles. The Balaban J connectivity index is 2.53. The first-order chi connectivity index (χ1) is 8.41. The van der Waals surface area contributed by atoms with E-state index < -0.39 is 16.6 Å². The van der Waals surface area contributed by atoms with E-state index in [2.05, 4.69) is 21.2 Å². The third-order valence-electron chi connectivity index (χ3n) is 2.58. The first-order valence-electron chi connectivity index (χ1n) is 5.47. The van der Waals surface area contributed by atoms with Crippen molar-refractivity contribution in [2.45, 2.75) is 18.6 Å². The molecule has 2 atom stereocenters. The number of hydrogen-bond acceptors (Lipinski definition) is 2. The molecule has 0 saturated carbocycles. The molecule has 0 aliphatic rings. The minimum Gasteiger partial charge on any atom is -0.352 e. The monoisotopic (exact) mass is 335 g/mol. The van der Waals surface area contributed by atoms with E-state index in [1.54, 1.807) is 6.26 Å². The highest BCUT2D eigenvalue weighted by atomic mass is 79.9. The second-order valence-electron chi connectivity index (χ2n) is 3.98. The Kier molecular flexibility index (Phi) is 5.95. The molecule has 1 N–H and O–H groups in total. The van der Waals surface area contributed by atoms with Crippen LogP contribution in [0.4, 0.5) is 4.39 Å². The Morgan fingerprint density at radius 3 is 2.78 bits per heavy atom. The lowest BCUT2D eigenvalue weighted by atomic mass is 10.2. The minimum absolute atomic E-state index is 0.0435. The molecular formula is C12H15BrFNO2S. The fourth-order valence-corrected chi connectivity index (χ4v) is 2.30. The Morgan fingerprint density at radius 1 is 1.56 bits per heavy atom. The quantitative estimate of drug-likeness (QED) is 0.898. The van der Waals surface area contributed by atoms with E-state index in [4.69, 9.17) is 0 Å². The second kappa shape index (κ2) is 6.99. The van der Waals surface area contributed by atoms with Crippen molar-refractivity contribution in [2.24, 2.45) is 0 Å². The number of amides is 1. The maximum atomic E-state index is 12.9. The molecule has 18 heavy (non-hydrogen) atoms. The van der Waals surface area contributed by atoms with Crippen LogP contribution in [-0.4, -0.2) is 28.2 Å². The highest BCUT2D eigenvalue weighted by molar-refractivity contribution is 9.10. The van der Waals surface area contributed by atoms with E-state index in [-0.39, 0.29) is 11.2 Å². The summed E-state index contributed by atoms with van der Waals surface area (Å²) in [6.45, 7) is 2.32. The van der Waals surface area contributed by atoms with Gasteiger partial charge in [-0.2, -0.15) is 0 Å². The Morgan fingerprint density at radius 2 is 2.22 bits per heavy atom. The molecule has 0 aliphatic heterocycles. The highest BCUT2D eigenvalue weighted by Gasteiger charge is 2.11. The zero-order valence-corrected chi connectivity index (χ0v) is 12.6. The van der Waals surface area contributed by atoms with Gasteiger partial charge in [0, 0.05) is 33.3 Å². The number of halogens is 2. The third-order valence-corrected chi connectivity index (χ3v) is 4.60. The summed E-state index contributed by atoms with van der Waals surface area (Å²) in [5, 5.41) is 2.76. The summed E-state index contributed by atoms with van der Waals surface area (Å²) >= 11 is 3.14. The lowest BCUT2D eigenvalue weighted by molar-refractivity contribution is 0.0952. The van der Waals surface area contributed by atoms with E-state index >= 15 is 0 Å². The Hall–Kier alpha value is -0.750. The zero-order valence-electron chi connectivity index (χ0n) is 10.2. The number of carbonyl (C=O) groups is 1. The summed E-state index contributed by atoms with van der Waals surface area (Å²) in [6.07, 6.45) is 2.29. The molecule has 0 spiro atoms. The fourth-order valence-electron chi connectivity index (χ4n) is 1.32. The average Bonchev–Trinajstić information content (AvgIpc) is 2.28. The van der Waals surface area contributed by atoms with Crippen molar-refractivity contribution in [2.75, 3.05) is 12.8 Å². The highest BCUT2D eigenvalue weighted by Crippen LogP contribution is 2.17. The number of carbonyl (C=O) groups excluding carboxylic acids is 1. The number of hydrogen-bond donors (Lipinski definition) is 1. The summed E-state index contributed by atoms with van der Waals surface area (Å²) in [4.78, 5) is 11.8. The zero-order chi connectivity index (χ0) is 13.7. The second-order valence-corrected chi connectivity index (χ2v) is 6.63. The first kappa shape index (κ1) is 15.3. The van der Waals surface area contributed by atoms with E-state index in [0.717, 1.165) is 0 Å². The Labute approximate surface area is 117 Å². The average molecular weight is 336 g/mol. The van der Waals surface area contributed by atoms with Crippen LogP contribution < -0.4 is 5.32 Å². The van der Waals surface area contributed by atoms with Crippen LogP contribution in [0.2, 0.25) is 0 Å². The van der Waals surface area contributed by atoms with Crippen LogP contribution in [0.1, 0.15) is 23.7 Å². The van der Waals surface area contributed by atoms with Crippen LogP contribution in [0.15, 0.2) is 22.7 Å². The standard InChI is InChI=1S/C12H15BrFNO2S/c1-8(18(2)17)5-6-15-12(16)10-4-3-9(14)7-11(10)13/h3-4,7-8H,5-6H2,1-2H3,(H,15,16). The van der Waals surface area contributed by atoms with E-state index in [1.807, 2.05) is 6.92 Å². The van der Waals surface area contributed by atoms with Gasteiger partial charge in [0.25, 0.3) is 5.91 Å². The van der Waals surface area contributed by atoms with Gasteiger partial charge in [0.05, 0.1) is 5.56 Å². The van der Waals surface area contributed by atoms with E-state index in [0.29, 0.717) is 23.0 Å². The molecule has 0 saturated heterocycles. The number of benzene rings is 1.